The van der Waals surface area contributed by atoms with Crippen LogP contribution in [0.4, 0.5) is 0 Å². The zero-order valence-electron chi connectivity index (χ0n) is 11.5. The highest BCUT2D eigenvalue weighted by Gasteiger charge is 2.57. The summed E-state index contributed by atoms with van der Waals surface area (Å²) in [5, 5.41) is 0. The average Bonchev–Trinajstić information content (AvgIpc) is 2.40. The van der Waals surface area contributed by atoms with Crippen LogP contribution in [-0.4, -0.2) is 19.8 Å². The van der Waals surface area contributed by atoms with Crippen molar-refractivity contribution in [3.05, 3.63) is 34.3 Å². The lowest BCUT2D eigenvalue weighted by Crippen LogP contribution is -2.62. The fourth-order valence-electron chi connectivity index (χ4n) is 2.50. The topological polar surface area (TPSA) is 27.7 Å². The number of rotatable bonds is 1. The van der Waals surface area contributed by atoms with Gasteiger partial charge < -0.3 is 14.2 Å². The van der Waals surface area contributed by atoms with Crippen LogP contribution in [0.15, 0.2) is 28.7 Å². The van der Waals surface area contributed by atoms with Gasteiger partial charge in [0.25, 0.3) is 0 Å². The van der Waals surface area contributed by atoms with Crippen LogP contribution in [0.1, 0.15) is 26.3 Å². The van der Waals surface area contributed by atoms with E-state index in [1.165, 1.54) is 0 Å². The fraction of sp³-hybridized carbons (Fsp3) is 0.600. The van der Waals surface area contributed by atoms with Gasteiger partial charge >= 0.3 is 5.97 Å². The molecule has 0 unspecified atom stereocenters. The zero-order chi connectivity index (χ0) is 13.7. The van der Waals surface area contributed by atoms with Crippen LogP contribution in [0.25, 0.3) is 0 Å². The smallest absolute Gasteiger partial charge is 0.312 e. The second-order valence-corrected chi connectivity index (χ2v) is 7.38. The third kappa shape index (κ3) is 2.05. The van der Waals surface area contributed by atoms with Gasteiger partial charge in [0, 0.05) is 15.5 Å². The molecular formula is C15H19BrO3. The van der Waals surface area contributed by atoms with Gasteiger partial charge in [0.05, 0.1) is 19.8 Å². The van der Waals surface area contributed by atoms with Gasteiger partial charge in [0.1, 0.15) is 0 Å². The molecule has 0 radical (unpaired) electrons. The lowest BCUT2D eigenvalue weighted by atomic mass is 9.67. The van der Waals surface area contributed by atoms with Crippen molar-refractivity contribution in [3.63, 3.8) is 0 Å². The molecule has 2 bridgehead atoms. The minimum atomic E-state index is -1.01. The largest absolute Gasteiger partial charge is 0.323 e. The van der Waals surface area contributed by atoms with Crippen LogP contribution in [0.2, 0.25) is 0 Å². The molecule has 4 heteroatoms. The maximum absolute atomic E-state index is 5.96. The first kappa shape index (κ1) is 13.6. The van der Waals surface area contributed by atoms with E-state index >= 15 is 0 Å². The molecule has 0 spiro atoms. The second-order valence-electron chi connectivity index (χ2n) is 6.46. The molecular weight excluding hydrogens is 308 g/mol. The summed E-state index contributed by atoms with van der Waals surface area (Å²) >= 11 is 3.43. The Morgan fingerprint density at radius 2 is 1.42 bits per heavy atom. The number of hydrogen-bond donors (Lipinski definition) is 0. The predicted molar refractivity (Wildman–Crippen MR) is 75.6 cm³/mol. The minimum absolute atomic E-state index is 0.0515. The summed E-state index contributed by atoms with van der Waals surface area (Å²) in [6.07, 6.45) is 0. The maximum atomic E-state index is 5.96. The zero-order valence-corrected chi connectivity index (χ0v) is 13.1. The lowest BCUT2D eigenvalue weighted by Gasteiger charge is -2.56. The molecule has 3 saturated heterocycles. The molecule has 0 saturated carbocycles. The van der Waals surface area contributed by atoms with E-state index in [2.05, 4.69) is 36.7 Å². The number of hydrogen-bond acceptors (Lipinski definition) is 3. The number of halogens is 1. The Labute approximate surface area is 122 Å². The molecule has 3 heterocycles. The molecule has 0 amide bonds. The average molecular weight is 327 g/mol. The monoisotopic (exact) mass is 326 g/mol. The van der Waals surface area contributed by atoms with E-state index in [9.17, 15) is 0 Å². The Kier molecular flexibility index (Phi) is 3.06. The predicted octanol–water partition coefficient (Wildman–Crippen LogP) is 3.67. The number of fused-ring (bicyclic) bond motifs is 3. The normalized spacial score (nSPS) is 34.5. The summed E-state index contributed by atoms with van der Waals surface area (Å²) in [6, 6.07) is 7.89. The van der Waals surface area contributed by atoms with E-state index in [1.54, 1.807) is 0 Å². The molecule has 0 N–H and O–H groups in total. The molecule has 3 nitrogen and oxygen atoms in total. The molecule has 3 fully saturated rings. The minimum Gasteiger partial charge on any atom is -0.323 e. The fourth-order valence-corrected chi connectivity index (χ4v) is 2.77. The summed E-state index contributed by atoms with van der Waals surface area (Å²) in [5.41, 5.74) is 0.960. The quantitative estimate of drug-likeness (QED) is 0.788. The maximum Gasteiger partial charge on any atom is 0.312 e. The van der Waals surface area contributed by atoms with Crippen LogP contribution in [0, 0.1) is 10.8 Å². The molecule has 1 aromatic rings. The Bertz CT molecular complexity index is 451. The van der Waals surface area contributed by atoms with Crippen LogP contribution >= 0.6 is 15.9 Å². The molecule has 3 aliphatic rings. The van der Waals surface area contributed by atoms with Crippen molar-refractivity contribution in [2.45, 2.75) is 26.7 Å². The number of ether oxygens (including phenoxy) is 3. The van der Waals surface area contributed by atoms with Crippen LogP contribution in [-0.2, 0) is 20.2 Å². The van der Waals surface area contributed by atoms with Crippen molar-refractivity contribution >= 4 is 15.9 Å². The Hall–Kier alpha value is -0.420. The third-order valence-electron chi connectivity index (χ3n) is 4.40. The lowest BCUT2D eigenvalue weighted by molar-refractivity contribution is -0.489. The van der Waals surface area contributed by atoms with E-state index in [0.717, 1.165) is 10.0 Å². The van der Waals surface area contributed by atoms with Gasteiger partial charge in [0.15, 0.2) is 0 Å². The molecule has 19 heavy (non-hydrogen) atoms. The summed E-state index contributed by atoms with van der Waals surface area (Å²) < 4.78 is 18.9. The highest BCUT2D eigenvalue weighted by atomic mass is 79.9. The van der Waals surface area contributed by atoms with Gasteiger partial charge in [-0.2, -0.15) is 0 Å². The Morgan fingerprint density at radius 1 is 0.947 bits per heavy atom. The van der Waals surface area contributed by atoms with E-state index < -0.39 is 5.97 Å². The standard InChI is InChI=1S/C15H19BrO3/c1-13(2,3)14-8-17-15(18-9-14,19-10-14)11-4-6-12(16)7-5-11/h4-7H,8-10H2,1-3H3. The SMILES string of the molecule is CC(C)(C)C12COC(c3ccc(Br)cc3)(OC1)OC2. The second kappa shape index (κ2) is 4.29. The van der Waals surface area contributed by atoms with Crippen LogP contribution in [0.5, 0.6) is 0 Å². The molecule has 0 aliphatic carbocycles. The first-order chi connectivity index (χ1) is 8.87. The highest BCUT2D eigenvalue weighted by molar-refractivity contribution is 9.10. The van der Waals surface area contributed by atoms with Crippen LogP contribution in [0.3, 0.4) is 0 Å². The number of benzene rings is 1. The Morgan fingerprint density at radius 3 is 1.84 bits per heavy atom. The van der Waals surface area contributed by atoms with Crippen LogP contribution < -0.4 is 0 Å². The van der Waals surface area contributed by atoms with Gasteiger partial charge in [-0.1, -0.05) is 36.7 Å². The van der Waals surface area contributed by atoms with Gasteiger partial charge in [-0.05, 0) is 29.7 Å². The molecule has 0 atom stereocenters. The van der Waals surface area contributed by atoms with Crippen molar-refractivity contribution in [2.75, 3.05) is 19.8 Å². The van der Waals surface area contributed by atoms with Crippen molar-refractivity contribution in [1.29, 1.82) is 0 Å². The molecule has 0 aromatic heterocycles. The molecule has 4 rings (SSSR count). The van der Waals surface area contributed by atoms with Gasteiger partial charge in [-0.3, -0.25) is 0 Å². The summed E-state index contributed by atoms with van der Waals surface area (Å²) in [5.74, 6) is -1.01. The van der Waals surface area contributed by atoms with Crippen molar-refractivity contribution in [1.82, 2.24) is 0 Å². The van der Waals surface area contributed by atoms with E-state index in [-0.39, 0.29) is 10.8 Å². The van der Waals surface area contributed by atoms with Crippen molar-refractivity contribution in [2.24, 2.45) is 10.8 Å². The van der Waals surface area contributed by atoms with E-state index in [4.69, 9.17) is 14.2 Å². The van der Waals surface area contributed by atoms with Gasteiger partial charge in [0.2, 0.25) is 0 Å². The van der Waals surface area contributed by atoms with E-state index in [1.807, 2.05) is 24.3 Å². The Balaban J connectivity index is 1.87. The summed E-state index contributed by atoms with van der Waals surface area (Å²) in [6.45, 7) is 8.65. The van der Waals surface area contributed by atoms with Crippen molar-refractivity contribution in [3.8, 4) is 0 Å². The molecule has 3 aliphatic heterocycles. The molecule has 1 aromatic carbocycles. The van der Waals surface area contributed by atoms with E-state index in [0.29, 0.717) is 19.8 Å². The summed E-state index contributed by atoms with van der Waals surface area (Å²) in [4.78, 5) is 0. The van der Waals surface area contributed by atoms with Crippen molar-refractivity contribution < 1.29 is 14.2 Å². The molecule has 104 valence electrons. The first-order valence-corrected chi connectivity index (χ1v) is 7.34. The third-order valence-corrected chi connectivity index (χ3v) is 4.93. The van der Waals surface area contributed by atoms with Gasteiger partial charge in [-0.15, -0.1) is 0 Å². The van der Waals surface area contributed by atoms with Gasteiger partial charge in [-0.25, -0.2) is 0 Å². The first-order valence-electron chi connectivity index (χ1n) is 6.55. The summed E-state index contributed by atoms with van der Waals surface area (Å²) in [7, 11) is 0. The highest BCUT2D eigenvalue weighted by Crippen LogP contribution is 2.51.